The van der Waals surface area contributed by atoms with E-state index in [1.165, 1.54) is 0 Å². The molecule has 0 fully saturated rings. The van der Waals surface area contributed by atoms with Crippen LogP contribution >= 0.6 is 0 Å². The Morgan fingerprint density at radius 2 is 2.00 bits per heavy atom. The van der Waals surface area contributed by atoms with E-state index in [9.17, 15) is 8.42 Å². The number of amidine groups is 1. The van der Waals surface area contributed by atoms with Gasteiger partial charge in [-0.15, -0.1) is 4.40 Å². The van der Waals surface area contributed by atoms with Crippen LogP contribution in [-0.4, -0.2) is 44.8 Å². The zero-order valence-electron chi connectivity index (χ0n) is 12.1. The van der Waals surface area contributed by atoms with E-state index in [0.29, 0.717) is 22.3 Å². The molecule has 1 aromatic rings. The molecule has 1 heterocycles. The SMILES string of the molecule is CCN(CCNC(C)C)C1=NS(=O)(=O)c2ccccc21. The van der Waals surface area contributed by atoms with E-state index in [4.69, 9.17) is 0 Å². The van der Waals surface area contributed by atoms with Crippen molar-refractivity contribution in [2.24, 2.45) is 4.40 Å². The highest BCUT2D eigenvalue weighted by Gasteiger charge is 2.30. The Labute approximate surface area is 120 Å². The number of rotatable bonds is 5. The van der Waals surface area contributed by atoms with Crippen molar-refractivity contribution < 1.29 is 8.42 Å². The van der Waals surface area contributed by atoms with Crippen molar-refractivity contribution in [1.82, 2.24) is 10.2 Å². The van der Waals surface area contributed by atoms with Gasteiger partial charge in [-0.25, -0.2) is 0 Å². The van der Waals surface area contributed by atoms with E-state index < -0.39 is 10.0 Å². The first-order valence-corrected chi connectivity index (χ1v) is 8.32. The predicted molar refractivity (Wildman–Crippen MR) is 80.6 cm³/mol. The number of likely N-dealkylation sites (N-methyl/N-ethyl adjacent to an activating group) is 1. The molecule has 0 aromatic heterocycles. The first-order chi connectivity index (χ1) is 9.45. The number of nitrogens with zero attached hydrogens (tertiary/aromatic N) is 2. The van der Waals surface area contributed by atoms with Crippen molar-refractivity contribution in [3.8, 4) is 0 Å². The lowest BCUT2D eigenvalue weighted by molar-refractivity contribution is 0.419. The third-order valence-electron chi connectivity index (χ3n) is 3.23. The Balaban J connectivity index is 2.23. The Kier molecular flexibility index (Phi) is 4.45. The summed E-state index contributed by atoms with van der Waals surface area (Å²) in [5.41, 5.74) is 0.707. The molecule has 6 heteroatoms. The summed E-state index contributed by atoms with van der Waals surface area (Å²) < 4.78 is 28.0. The zero-order chi connectivity index (χ0) is 14.8. The van der Waals surface area contributed by atoms with Gasteiger partial charge in [-0.3, -0.25) is 0 Å². The number of hydrogen-bond acceptors (Lipinski definition) is 4. The minimum Gasteiger partial charge on any atom is -0.354 e. The molecule has 1 aliphatic heterocycles. The van der Waals surface area contributed by atoms with E-state index in [1.807, 2.05) is 24.0 Å². The molecule has 1 aliphatic rings. The number of nitrogens with one attached hydrogen (secondary N) is 1. The highest BCUT2D eigenvalue weighted by Crippen LogP contribution is 2.27. The Morgan fingerprint density at radius 3 is 2.65 bits per heavy atom. The molecule has 0 unspecified atom stereocenters. The number of benzene rings is 1. The van der Waals surface area contributed by atoms with Crippen molar-refractivity contribution in [2.75, 3.05) is 19.6 Å². The van der Waals surface area contributed by atoms with Gasteiger partial charge in [0.15, 0.2) is 5.84 Å². The first kappa shape index (κ1) is 15.0. The molecule has 0 atom stereocenters. The van der Waals surface area contributed by atoms with Gasteiger partial charge in [0, 0.05) is 31.2 Å². The average molecular weight is 295 g/mol. The number of hydrogen-bond donors (Lipinski definition) is 1. The van der Waals surface area contributed by atoms with Crippen LogP contribution in [0.5, 0.6) is 0 Å². The molecule has 0 amide bonds. The van der Waals surface area contributed by atoms with Gasteiger partial charge in [-0.1, -0.05) is 26.0 Å². The highest BCUT2D eigenvalue weighted by atomic mass is 32.2. The van der Waals surface area contributed by atoms with Gasteiger partial charge in [0.05, 0.1) is 0 Å². The molecular weight excluding hydrogens is 274 g/mol. The summed E-state index contributed by atoms with van der Waals surface area (Å²) in [6.45, 7) is 8.43. The van der Waals surface area contributed by atoms with Gasteiger partial charge in [-0.05, 0) is 19.1 Å². The van der Waals surface area contributed by atoms with Crippen molar-refractivity contribution in [3.63, 3.8) is 0 Å². The second kappa shape index (κ2) is 5.93. The standard InChI is InChI=1S/C14H21N3O2S/c1-4-17(10-9-15-11(2)3)14-12-7-5-6-8-13(12)20(18,19)16-14/h5-8,11,15H,4,9-10H2,1-3H3. The van der Waals surface area contributed by atoms with Crippen LogP contribution in [-0.2, 0) is 10.0 Å². The molecule has 110 valence electrons. The predicted octanol–water partition coefficient (Wildman–Crippen LogP) is 1.46. The summed E-state index contributed by atoms with van der Waals surface area (Å²) in [6.07, 6.45) is 0. The number of fused-ring (bicyclic) bond motifs is 1. The maximum atomic E-state index is 12.0. The molecule has 5 nitrogen and oxygen atoms in total. The fourth-order valence-electron chi connectivity index (χ4n) is 2.22. The number of sulfonamides is 1. The van der Waals surface area contributed by atoms with E-state index >= 15 is 0 Å². The van der Waals surface area contributed by atoms with Crippen LogP contribution in [0.4, 0.5) is 0 Å². The topological polar surface area (TPSA) is 61.8 Å². The maximum Gasteiger partial charge on any atom is 0.285 e. The third-order valence-corrected chi connectivity index (χ3v) is 4.55. The van der Waals surface area contributed by atoms with Crippen LogP contribution < -0.4 is 5.32 Å². The highest BCUT2D eigenvalue weighted by molar-refractivity contribution is 7.90. The molecule has 1 N–H and O–H groups in total. The largest absolute Gasteiger partial charge is 0.354 e. The molecule has 0 saturated carbocycles. The molecule has 0 bridgehead atoms. The minimum atomic E-state index is -3.53. The summed E-state index contributed by atoms with van der Waals surface area (Å²) in [7, 11) is -3.53. The fraction of sp³-hybridized carbons (Fsp3) is 0.500. The third kappa shape index (κ3) is 3.02. The zero-order valence-corrected chi connectivity index (χ0v) is 12.9. The van der Waals surface area contributed by atoms with Gasteiger partial charge in [0.1, 0.15) is 4.90 Å². The molecule has 20 heavy (non-hydrogen) atoms. The summed E-state index contributed by atoms with van der Waals surface area (Å²) >= 11 is 0. The molecule has 2 rings (SSSR count). The van der Waals surface area contributed by atoms with Crippen molar-refractivity contribution in [2.45, 2.75) is 31.7 Å². The lowest BCUT2D eigenvalue weighted by atomic mass is 10.2. The summed E-state index contributed by atoms with van der Waals surface area (Å²) in [5.74, 6) is 0.564. The van der Waals surface area contributed by atoms with Crippen LogP contribution in [0, 0.1) is 0 Å². The van der Waals surface area contributed by atoms with Gasteiger partial charge in [0.2, 0.25) is 0 Å². The molecule has 0 saturated heterocycles. The Bertz CT molecular complexity index is 609. The van der Waals surface area contributed by atoms with E-state index in [0.717, 1.165) is 19.6 Å². The van der Waals surface area contributed by atoms with Gasteiger partial charge in [-0.2, -0.15) is 8.42 Å². The quantitative estimate of drug-likeness (QED) is 0.893. The van der Waals surface area contributed by atoms with E-state index in [-0.39, 0.29) is 0 Å². The van der Waals surface area contributed by atoms with E-state index in [1.54, 1.807) is 12.1 Å². The molecule has 0 radical (unpaired) electrons. The summed E-state index contributed by atoms with van der Waals surface area (Å²) in [5, 5.41) is 3.33. The normalized spacial score (nSPS) is 16.1. The molecular formula is C14H21N3O2S. The first-order valence-electron chi connectivity index (χ1n) is 6.88. The summed E-state index contributed by atoms with van der Waals surface area (Å²) in [6, 6.07) is 7.41. The summed E-state index contributed by atoms with van der Waals surface area (Å²) in [4.78, 5) is 2.31. The molecule has 0 spiro atoms. The Hall–Kier alpha value is -1.40. The monoisotopic (exact) mass is 295 g/mol. The minimum absolute atomic E-state index is 0.310. The fourth-order valence-corrected chi connectivity index (χ4v) is 3.45. The van der Waals surface area contributed by atoms with Crippen LogP contribution in [0.3, 0.4) is 0 Å². The second-order valence-corrected chi connectivity index (χ2v) is 6.65. The lowest BCUT2D eigenvalue weighted by Gasteiger charge is -2.23. The van der Waals surface area contributed by atoms with Crippen LogP contribution in [0.25, 0.3) is 0 Å². The van der Waals surface area contributed by atoms with Gasteiger partial charge < -0.3 is 10.2 Å². The van der Waals surface area contributed by atoms with Gasteiger partial charge in [0.25, 0.3) is 10.0 Å². The smallest absolute Gasteiger partial charge is 0.285 e. The molecule has 0 aliphatic carbocycles. The second-order valence-electron chi connectivity index (χ2n) is 5.07. The van der Waals surface area contributed by atoms with Crippen molar-refractivity contribution in [3.05, 3.63) is 29.8 Å². The average Bonchev–Trinajstić information content (AvgIpc) is 2.67. The van der Waals surface area contributed by atoms with Crippen LogP contribution in [0.1, 0.15) is 26.3 Å². The van der Waals surface area contributed by atoms with Crippen molar-refractivity contribution in [1.29, 1.82) is 0 Å². The van der Waals surface area contributed by atoms with Crippen LogP contribution in [0.2, 0.25) is 0 Å². The maximum absolute atomic E-state index is 12.0. The lowest BCUT2D eigenvalue weighted by Crippen LogP contribution is -2.38. The van der Waals surface area contributed by atoms with E-state index in [2.05, 4.69) is 23.6 Å². The van der Waals surface area contributed by atoms with Gasteiger partial charge >= 0.3 is 0 Å². The van der Waals surface area contributed by atoms with Crippen LogP contribution in [0.15, 0.2) is 33.6 Å². The molecule has 1 aromatic carbocycles. The van der Waals surface area contributed by atoms with Crippen molar-refractivity contribution >= 4 is 15.9 Å². The Morgan fingerprint density at radius 1 is 1.30 bits per heavy atom.